The van der Waals surface area contributed by atoms with E-state index >= 15 is 0 Å². The Labute approximate surface area is 197 Å². The van der Waals surface area contributed by atoms with E-state index in [9.17, 15) is 0 Å². The largest absolute Gasteiger partial charge is 0.356 e. The van der Waals surface area contributed by atoms with Crippen molar-refractivity contribution in [3.05, 3.63) is 5.82 Å². The number of nitrogens with zero attached hydrogens (tertiary/aromatic N) is 5. The van der Waals surface area contributed by atoms with E-state index in [0.717, 1.165) is 49.4 Å². The first-order valence-electron chi connectivity index (χ1n) is 11.0. The summed E-state index contributed by atoms with van der Waals surface area (Å²) in [5.74, 6) is 2.05. The van der Waals surface area contributed by atoms with Gasteiger partial charge in [0, 0.05) is 39.1 Å². The van der Waals surface area contributed by atoms with Gasteiger partial charge in [-0.05, 0) is 51.4 Å². The highest BCUT2D eigenvalue weighted by Crippen LogP contribution is 2.33. The third-order valence-corrected chi connectivity index (χ3v) is 6.51. The van der Waals surface area contributed by atoms with Gasteiger partial charge in [0.2, 0.25) is 0 Å². The van der Waals surface area contributed by atoms with Crippen LogP contribution in [0.1, 0.15) is 63.2 Å². The molecule has 0 radical (unpaired) electrons. The molecular formula is C20H38IN7S. The Bertz CT molecular complexity index is 610. The molecule has 0 spiro atoms. The molecule has 7 nitrogen and oxygen atoms in total. The van der Waals surface area contributed by atoms with Crippen molar-refractivity contribution in [3.8, 4) is 0 Å². The lowest BCUT2D eigenvalue weighted by molar-refractivity contribution is 0.232. The van der Waals surface area contributed by atoms with Gasteiger partial charge >= 0.3 is 0 Å². The Hall–Kier alpha value is -0.550. The van der Waals surface area contributed by atoms with E-state index in [1.165, 1.54) is 58.0 Å². The van der Waals surface area contributed by atoms with Crippen LogP contribution in [0.5, 0.6) is 0 Å². The maximum absolute atomic E-state index is 4.48. The predicted octanol–water partition coefficient (Wildman–Crippen LogP) is 3.32. The smallest absolute Gasteiger partial charge is 0.191 e. The Morgan fingerprint density at radius 3 is 2.48 bits per heavy atom. The molecule has 1 aliphatic heterocycles. The first-order chi connectivity index (χ1) is 13.8. The Kier molecular flexibility index (Phi) is 11.7. The van der Waals surface area contributed by atoms with Gasteiger partial charge < -0.3 is 20.1 Å². The Morgan fingerprint density at radius 1 is 1.07 bits per heavy atom. The van der Waals surface area contributed by atoms with E-state index in [2.05, 4.69) is 41.5 Å². The molecule has 2 fully saturated rings. The van der Waals surface area contributed by atoms with Crippen molar-refractivity contribution in [2.45, 2.75) is 69.0 Å². The van der Waals surface area contributed by atoms with E-state index < -0.39 is 0 Å². The molecule has 0 atom stereocenters. The van der Waals surface area contributed by atoms with Crippen molar-refractivity contribution < 1.29 is 0 Å². The second-order valence-electron chi connectivity index (χ2n) is 7.84. The summed E-state index contributed by atoms with van der Waals surface area (Å²) < 4.78 is 2.41. The number of piperidine rings is 1. The average Bonchev–Trinajstić information content (AvgIpc) is 3.39. The van der Waals surface area contributed by atoms with Crippen LogP contribution in [-0.4, -0.2) is 71.7 Å². The minimum atomic E-state index is 0. The van der Waals surface area contributed by atoms with Crippen molar-refractivity contribution >= 4 is 41.7 Å². The Morgan fingerprint density at radius 2 is 1.79 bits per heavy atom. The van der Waals surface area contributed by atoms with Gasteiger partial charge in [0.15, 0.2) is 11.1 Å². The first kappa shape index (κ1) is 24.7. The first-order valence-corrected chi connectivity index (χ1v) is 12.2. The van der Waals surface area contributed by atoms with Crippen LogP contribution in [0, 0.1) is 0 Å². The van der Waals surface area contributed by atoms with Crippen LogP contribution < -0.4 is 10.6 Å². The van der Waals surface area contributed by atoms with Gasteiger partial charge in [-0.3, -0.25) is 4.99 Å². The fourth-order valence-corrected chi connectivity index (χ4v) is 4.91. The molecule has 0 bridgehead atoms. The number of guanidine groups is 1. The number of aromatic nitrogens is 3. The second-order valence-corrected chi connectivity index (χ2v) is 8.62. The zero-order chi connectivity index (χ0) is 19.6. The number of thioether (sulfide) groups is 1. The maximum atomic E-state index is 4.48. The maximum Gasteiger partial charge on any atom is 0.191 e. The van der Waals surface area contributed by atoms with Crippen LogP contribution in [0.2, 0.25) is 0 Å². The number of likely N-dealkylation sites (tertiary alicyclic amines) is 1. The molecule has 1 aromatic rings. The quantitative estimate of drug-likeness (QED) is 0.166. The van der Waals surface area contributed by atoms with E-state index in [1.807, 2.05) is 7.05 Å². The lowest BCUT2D eigenvalue weighted by Gasteiger charge is -2.26. The number of halogens is 1. The SMILES string of the molecule is CN=C(NCCCc1nnc(SC)n1C1CCCC1)NCCN1CCCCC1.I. The number of aliphatic imine (C=N–C) groups is 1. The molecule has 1 saturated carbocycles. The summed E-state index contributed by atoms with van der Waals surface area (Å²) in [6.45, 7) is 5.44. The summed E-state index contributed by atoms with van der Waals surface area (Å²) in [6, 6.07) is 0.602. The summed E-state index contributed by atoms with van der Waals surface area (Å²) in [5, 5.41) is 16.9. The van der Waals surface area contributed by atoms with Crippen molar-refractivity contribution in [2.75, 3.05) is 46.0 Å². The van der Waals surface area contributed by atoms with Crippen molar-refractivity contribution in [2.24, 2.45) is 4.99 Å². The van der Waals surface area contributed by atoms with Crippen LogP contribution >= 0.6 is 35.7 Å². The van der Waals surface area contributed by atoms with E-state index in [-0.39, 0.29) is 24.0 Å². The number of nitrogens with one attached hydrogen (secondary N) is 2. The molecule has 1 aromatic heterocycles. The normalized spacial score (nSPS) is 18.6. The van der Waals surface area contributed by atoms with Gasteiger partial charge in [-0.2, -0.15) is 0 Å². The number of aryl methyl sites for hydroxylation is 1. The molecule has 1 aliphatic carbocycles. The molecule has 166 valence electrons. The van der Waals surface area contributed by atoms with Crippen LogP contribution in [0.3, 0.4) is 0 Å². The van der Waals surface area contributed by atoms with E-state index in [0.29, 0.717) is 6.04 Å². The molecule has 29 heavy (non-hydrogen) atoms. The van der Waals surface area contributed by atoms with Crippen LogP contribution in [0.25, 0.3) is 0 Å². The molecule has 2 N–H and O–H groups in total. The number of rotatable bonds is 9. The molecule has 9 heteroatoms. The van der Waals surface area contributed by atoms with Gasteiger partial charge in [-0.25, -0.2) is 0 Å². The summed E-state index contributed by atoms with van der Waals surface area (Å²) in [6.07, 6.45) is 13.4. The molecule has 0 amide bonds. The standard InChI is InChI=1S/C20H37N7S.HI/c1-21-19(23-13-16-26-14-6-3-7-15-26)22-12-8-11-18-24-25-20(28-2)27(18)17-9-4-5-10-17;/h17H,3-16H2,1-2H3,(H2,21,22,23);1H. The van der Waals surface area contributed by atoms with Gasteiger partial charge in [0.1, 0.15) is 5.82 Å². The molecule has 1 saturated heterocycles. The zero-order valence-electron chi connectivity index (χ0n) is 18.0. The van der Waals surface area contributed by atoms with Crippen LogP contribution in [-0.2, 0) is 6.42 Å². The van der Waals surface area contributed by atoms with Crippen molar-refractivity contribution in [1.82, 2.24) is 30.3 Å². The molecule has 0 aromatic carbocycles. The zero-order valence-corrected chi connectivity index (χ0v) is 21.2. The molecule has 0 unspecified atom stereocenters. The molecule has 2 aliphatic rings. The van der Waals surface area contributed by atoms with Gasteiger partial charge in [0.05, 0.1) is 0 Å². The van der Waals surface area contributed by atoms with E-state index in [1.54, 1.807) is 11.8 Å². The molecule has 2 heterocycles. The lowest BCUT2D eigenvalue weighted by atomic mass is 10.1. The summed E-state index contributed by atoms with van der Waals surface area (Å²) >= 11 is 1.71. The van der Waals surface area contributed by atoms with Gasteiger partial charge in [-0.15, -0.1) is 34.2 Å². The minimum absolute atomic E-state index is 0. The third-order valence-electron chi connectivity index (χ3n) is 5.87. The number of hydrogen-bond acceptors (Lipinski definition) is 5. The monoisotopic (exact) mass is 535 g/mol. The van der Waals surface area contributed by atoms with Crippen LogP contribution in [0.15, 0.2) is 10.1 Å². The van der Waals surface area contributed by atoms with Gasteiger partial charge in [-0.1, -0.05) is 31.0 Å². The highest BCUT2D eigenvalue weighted by atomic mass is 127. The van der Waals surface area contributed by atoms with Crippen LogP contribution in [0.4, 0.5) is 0 Å². The van der Waals surface area contributed by atoms with E-state index in [4.69, 9.17) is 0 Å². The van der Waals surface area contributed by atoms with Gasteiger partial charge in [0.25, 0.3) is 0 Å². The minimum Gasteiger partial charge on any atom is -0.356 e. The fraction of sp³-hybridized carbons (Fsp3) is 0.850. The summed E-state index contributed by atoms with van der Waals surface area (Å²) in [5.41, 5.74) is 0. The lowest BCUT2D eigenvalue weighted by Crippen LogP contribution is -2.43. The molecular weight excluding hydrogens is 497 g/mol. The highest BCUT2D eigenvalue weighted by molar-refractivity contribution is 14.0. The molecule has 3 rings (SSSR count). The number of hydrogen-bond donors (Lipinski definition) is 2. The second kappa shape index (κ2) is 13.7. The third kappa shape index (κ3) is 7.57. The van der Waals surface area contributed by atoms with Crippen molar-refractivity contribution in [1.29, 1.82) is 0 Å². The topological polar surface area (TPSA) is 70.4 Å². The Balaban J connectivity index is 0.00000300. The highest BCUT2D eigenvalue weighted by Gasteiger charge is 2.23. The fourth-order valence-electron chi connectivity index (χ4n) is 4.34. The average molecular weight is 536 g/mol. The predicted molar refractivity (Wildman–Crippen MR) is 133 cm³/mol. The summed E-state index contributed by atoms with van der Waals surface area (Å²) in [7, 11) is 1.84. The van der Waals surface area contributed by atoms with Crippen molar-refractivity contribution in [3.63, 3.8) is 0 Å². The summed E-state index contributed by atoms with van der Waals surface area (Å²) in [4.78, 5) is 6.90.